The van der Waals surface area contributed by atoms with E-state index in [1.165, 1.54) is 94.9 Å². The summed E-state index contributed by atoms with van der Waals surface area (Å²) in [6, 6.07) is 7.12. The van der Waals surface area contributed by atoms with Gasteiger partial charge in [0.25, 0.3) is 0 Å². The van der Waals surface area contributed by atoms with E-state index in [2.05, 4.69) is 44.9 Å². The Hall–Kier alpha value is -1.10. The van der Waals surface area contributed by atoms with Crippen molar-refractivity contribution in [3.8, 4) is 0 Å². The van der Waals surface area contributed by atoms with Crippen LogP contribution in [0.15, 0.2) is 18.2 Å². The fraction of sp³-hybridized carbons (Fsp3) is 0.700. The Balaban J connectivity index is 1.32. The molecule has 3 saturated heterocycles. The molecule has 0 N–H and O–H groups in total. The minimum absolute atomic E-state index is 1.11. The molecular weight excluding hydrogens is 296 g/mol. The molecule has 0 aliphatic carbocycles. The molecule has 1 aromatic rings. The molecule has 0 atom stereocenters. The van der Waals surface area contributed by atoms with Gasteiger partial charge in [-0.25, -0.2) is 10.0 Å². The minimum Gasteiger partial charge on any atom is -0.372 e. The molecule has 4 heteroatoms. The zero-order chi connectivity index (χ0) is 16.4. The molecule has 0 amide bonds. The van der Waals surface area contributed by atoms with Gasteiger partial charge in [-0.05, 0) is 55.9 Å². The van der Waals surface area contributed by atoms with Crippen molar-refractivity contribution >= 4 is 5.69 Å². The van der Waals surface area contributed by atoms with E-state index in [0.29, 0.717) is 0 Å². The number of anilines is 1. The Morgan fingerprint density at radius 3 is 2.04 bits per heavy atom. The van der Waals surface area contributed by atoms with Gasteiger partial charge in [-0.3, -0.25) is 4.90 Å². The molecule has 0 spiro atoms. The fourth-order valence-corrected chi connectivity index (χ4v) is 4.43. The summed E-state index contributed by atoms with van der Waals surface area (Å²) in [6.07, 6.45) is 5.45. The van der Waals surface area contributed by atoms with Crippen LogP contribution in [0.5, 0.6) is 0 Å². The standard InChI is InChI=1S/C20H32N4/c1-18-16-20(22-8-2-3-9-22)7-6-19(18)17-21-12-14-24(15-13-21)23-10-4-5-11-23/h6-7,16H,2-5,8-15,17H2,1H3. The monoisotopic (exact) mass is 328 g/mol. The van der Waals surface area contributed by atoms with Gasteiger partial charge in [0.1, 0.15) is 0 Å². The maximum Gasteiger partial charge on any atom is 0.0369 e. The van der Waals surface area contributed by atoms with E-state index in [-0.39, 0.29) is 0 Å². The van der Waals surface area contributed by atoms with Gasteiger partial charge >= 0.3 is 0 Å². The number of hydrogen-bond acceptors (Lipinski definition) is 4. The van der Waals surface area contributed by atoms with Crippen molar-refractivity contribution in [3.05, 3.63) is 29.3 Å². The summed E-state index contributed by atoms with van der Waals surface area (Å²) in [5, 5.41) is 5.17. The average molecular weight is 329 g/mol. The first-order valence-electron chi connectivity index (χ1n) is 9.86. The average Bonchev–Trinajstić information content (AvgIpc) is 3.31. The molecule has 1 aromatic carbocycles. The second-order valence-corrected chi connectivity index (χ2v) is 7.70. The molecule has 3 heterocycles. The minimum atomic E-state index is 1.11. The third-order valence-corrected chi connectivity index (χ3v) is 6.02. The van der Waals surface area contributed by atoms with Crippen molar-refractivity contribution < 1.29 is 0 Å². The van der Waals surface area contributed by atoms with Crippen LogP contribution in [0.2, 0.25) is 0 Å². The highest BCUT2D eigenvalue weighted by Gasteiger charge is 2.24. The van der Waals surface area contributed by atoms with Crippen LogP contribution in [-0.2, 0) is 6.54 Å². The predicted octanol–water partition coefficient (Wildman–Crippen LogP) is 2.72. The lowest BCUT2D eigenvalue weighted by Crippen LogP contribution is -2.52. The Morgan fingerprint density at radius 1 is 0.750 bits per heavy atom. The molecule has 0 saturated carbocycles. The number of nitrogens with zero attached hydrogens (tertiary/aromatic N) is 4. The molecule has 3 aliphatic rings. The molecule has 0 radical (unpaired) electrons. The lowest BCUT2D eigenvalue weighted by atomic mass is 10.1. The summed E-state index contributed by atoms with van der Waals surface area (Å²) in [7, 11) is 0. The van der Waals surface area contributed by atoms with Gasteiger partial charge in [-0.1, -0.05) is 6.07 Å². The second kappa shape index (κ2) is 7.42. The van der Waals surface area contributed by atoms with Crippen LogP contribution >= 0.6 is 0 Å². The van der Waals surface area contributed by atoms with Gasteiger partial charge < -0.3 is 4.90 Å². The first kappa shape index (κ1) is 16.4. The Labute approximate surface area is 147 Å². The van der Waals surface area contributed by atoms with E-state index in [1.54, 1.807) is 0 Å². The van der Waals surface area contributed by atoms with Crippen molar-refractivity contribution in [2.75, 3.05) is 57.3 Å². The maximum atomic E-state index is 2.63. The zero-order valence-electron chi connectivity index (χ0n) is 15.2. The largest absolute Gasteiger partial charge is 0.372 e. The van der Waals surface area contributed by atoms with E-state index >= 15 is 0 Å². The summed E-state index contributed by atoms with van der Waals surface area (Å²) in [5.74, 6) is 0. The van der Waals surface area contributed by atoms with Crippen LogP contribution in [-0.4, -0.2) is 67.3 Å². The quantitative estimate of drug-likeness (QED) is 0.842. The molecule has 4 rings (SSSR count). The normalized spacial score (nSPS) is 24.1. The van der Waals surface area contributed by atoms with Crippen molar-refractivity contribution in [1.82, 2.24) is 14.9 Å². The third kappa shape index (κ3) is 3.61. The lowest BCUT2D eigenvalue weighted by molar-refractivity contribution is -0.0418. The molecule has 24 heavy (non-hydrogen) atoms. The van der Waals surface area contributed by atoms with Crippen LogP contribution < -0.4 is 4.90 Å². The van der Waals surface area contributed by atoms with Crippen LogP contribution in [0, 0.1) is 6.92 Å². The number of benzene rings is 1. The highest BCUT2D eigenvalue weighted by Crippen LogP contribution is 2.24. The van der Waals surface area contributed by atoms with Gasteiger partial charge in [0, 0.05) is 64.6 Å². The van der Waals surface area contributed by atoms with Crippen LogP contribution in [0.25, 0.3) is 0 Å². The highest BCUT2D eigenvalue weighted by molar-refractivity contribution is 5.51. The lowest BCUT2D eigenvalue weighted by Gasteiger charge is -2.39. The number of rotatable bonds is 4. The summed E-state index contributed by atoms with van der Waals surface area (Å²) in [6.45, 7) is 13.2. The first-order valence-corrected chi connectivity index (χ1v) is 9.86. The smallest absolute Gasteiger partial charge is 0.0369 e. The molecule has 0 bridgehead atoms. The molecule has 0 aromatic heterocycles. The highest BCUT2D eigenvalue weighted by atomic mass is 15.6. The van der Waals surface area contributed by atoms with Gasteiger partial charge in [-0.2, -0.15) is 0 Å². The third-order valence-electron chi connectivity index (χ3n) is 6.02. The summed E-state index contributed by atoms with van der Waals surface area (Å²) >= 11 is 0. The van der Waals surface area contributed by atoms with E-state index in [4.69, 9.17) is 0 Å². The summed E-state index contributed by atoms with van der Waals surface area (Å²) in [5.41, 5.74) is 4.39. The molecule has 3 fully saturated rings. The van der Waals surface area contributed by atoms with E-state index in [1.807, 2.05) is 0 Å². The Bertz CT molecular complexity index is 539. The van der Waals surface area contributed by atoms with E-state index < -0.39 is 0 Å². The molecule has 4 nitrogen and oxygen atoms in total. The summed E-state index contributed by atoms with van der Waals surface area (Å²) < 4.78 is 0. The van der Waals surface area contributed by atoms with E-state index in [9.17, 15) is 0 Å². The Kier molecular flexibility index (Phi) is 5.06. The first-order chi connectivity index (χ1) is 11.8. The topological polar surface area (TPSA) is 13.0 Å². The Morgan fingerprint density at radius 2 is 1.38 bits per heavy atom. The molecule has 0 unspecified atom stereocenters. The van der Waals surface area contributed by atoms with Crippen LogP contribution in [0.3, 0.4) is 0 Å². The van der Waals surface area contributed by atoms with Gasteiger partial charge in [0.05, 0.1) is 0 Å². The molecule has 132 valence electrons. The molecule has 3 aliphatic heterocycles. The van der Waals surface area contributed by atoms with Crippen LogP contribution in [0.1, 0.15) is 36.8 Å². The number of piperazine rings is 1. The van der Waals surface area contributed by atoms with Gasteiger partial charge in [0.2, 0.25) is 0 Å². The van der Waals surface area contributed by atoms with Crippen LogP contribution in [0.4, 0.5) is 5.69 Å². The van der Waals surface area contributed by atoms with Crippen molar-refractivity contribution in [1.29, 1.82) is 0 Å². The zero-order valence-corrected chi connectivity index (χ0v) is 15.2. The van der Waals surface area contributed by atoms with Crippen molar-refractivity contribution in [3.63, 3.8) is 0 Å². The number of aryl methyl sites for hydroxylation is 1. The second-order valence-electron chi connectivity index (χ2n) is 7.70. The van der Waals surface area contributed by atoms with Crippen molar-refractivity contribution in [2.45, 2.75) is 39.2 Å². The predicted molar refractivity (Wildman–Crippen MR) is 100 cm³/mol. The van der Waals surface area contributed by atoms with Gasteiger partial charge in [-0.15, -0.1) is 0 Å². The number of hydrazine groups is 1. The fourth-order valence-electron chi connectivity index (χ4n) is 4.43. The maximum absolute atomic E-state index is 2.63. The van der Waals surface area contributed by atoms with Crippen molar-refractivity contribution in [2.24, 2.45) is 0 Å². The SMILES string of the molecule is Cc1cc(N2CCCC2)ccc1CN1CCN(N2CCCC2)CC1. The van der Waals surface area contributed by atoms with E-state index in [0.717, 1.165) is 6.54 Å². The van der Waals surface area contributed by atoms with Gasteiger partial charge in [0.15, 0.2) is 0 Å². The number of hydrogen-bond donors (Lipinski definition) is 0. The molecular formula is C20H32N4. The summed E-state index contributed by atoms with van der Waals surface area (Å²) in [4.78, 5) is 5.16.